The highest BCUT2D eigenvalue weighted by Crippen LogP contribution is 2.28. The number of piperazine rings is 1. The SMILES string of the molecule is COc1ccccc1N1CCN(CCCCNC(=O)C2=CC(C)=CCC2=S)CC1. The van der Waals surface area contributed by atoms with E-state index in [0.29, 0.717) is 18.5 Å². The molecule has 1 heterocycles. The third kappa shape index (κ3) is 5.90. The molecule has 29 heavy (non-hydrogen) atoms. The van der Waals surface area contributed by atoms with Crippen molar-refractivity contribution in [3.63, 3.8) is 0 Å². The average Bonchev–Trinajstić information content (AvgIpc) is 2.75. The standard InChI is InChI=1S/C23H31N3O2S/c1-18-9-10-22(29)19(17-18)23(27)24-11-5-6-12-25-13-15-26(16-14-25)20-7-3-4-8-21(20)28-2/h3-4,7-9,17H,5-6,10-16H2,1-2H3,(H,24,27). The second-order valence-electron chi connectivity index (χ2n) is 7.60. The fourth-order valence-electron chi connectivity index (χ4n) is 3.78. The van der Waals surface area contributed by atoms with Gasteiger partial charge in [0.1, 0.15) is 5.75 Å². The largest absolute Gasteiger partial charge is 0.495 e. The van der Waals surface area contributed by atoms with Crippen LogP contribution in [0.4, 0.5) is 5.69 Å². The van der Waals surface area contributed by atoms with Crippen molar-refractivity contribution in [2.45, 2.75) is 26.2 Å². The molecule has 0 spiro atoms. The van der Waals surface area contributed by atoms with E-state index in [-0.39, 0.29) is 5.91 Å². The van der Waals surface area contributed by atoms with Crippen molar-refractivity contribution in [1.82, 2.24) is 10.2 Å². The summed E-state index contributed by atoms with van der Waals surface area (Å²) in [4.78, 5) is 18.0. The van der Waals surface area contributed by atoms with E-state index in [1.807, 2.05) is 25.1 Å². The van der Waals surface area contributed by atoms with Crippen molar-refractivity contribution in [3.8, 4) is 5.75 Å². The predicted octanol–water partition coefficient (Wildman–Crippen LogP) is 3.36. The van der Waals surface area contributed by atoms with Crippen molar-refractivity contribution in [1.29, 1.82) is 0 Å². The summed E-state index contributed by atoms with van der Waals surface area (Å²) >= 11 is 5.31. The van der Waals surface area contributed by atoms with Crippen LogP contribution < -0.4 is 15.0 Å². The number of thiocarbonyl (C=S) groups is 1. The summed E-state index contributed by atoms with van der Waals surface area (Å²) in [5, 5.41) is 3.02. The van der Waals surface area contributed by atoms with Crippen LogP contribution in [0, 0.1) is 0 Å². The smallest absolute Gasteiger partial charge is 0.252 e. The molecule has 0 unspecified atom stereocenters. The fraction of sp³-hybridized carbons (Fsp3) is 0.478. The molecule has 0 bridgehead atoms. The lowest BCUT2D eigenvalue weighted by Gasteiger charge is -2.36. The molecule has 156 valence electrons. The maximum atomic E-state index is 12.3. The molecule has 1 aliphatic heterocycles. The van der Waals surface area contributed by atoms with Gasteiger partial charge in [-0.3, -0.25) is 9.69 Å². The first-order valence-electron chi connectivity index (χ1n) is 10.4. The molecule has 1 aromatic rings. The molecule has 0 saturated carbocycles. The van der Waals surface area contributed by atoms with Gasteiger partial charge in [0.25, 0.3) is 5.91 Å². The van der Waals surface area contributed by atoms with Crippen LogP contribution >= 0.6 is 12.2 Å². The molecule has 1 N–H and O–H groups in total. The van der Waals surface area contributed by atoms with Crippen LogP contribution in [-0.2, 0) is 4.79 Å². The van der Waals surface area contributed by atoms with E-state index in [9.17, 15) is 4.79 Å². The minimum atomic E-state index is -0.0344. The Morgan fingerprint density at radius 1 is 1.17 bits per heavy atom. The lowest BCUT2D eigenvalue weighted by Crippen LogP contribution is -2.46. The molecular weight excluding hydrogens is 382 g/mol. The number of nitrogens with one attached hydrogen (secondary N) is 1. The van der Waals surface area contributed by atoms with Crippen LogP contribution in [0.1, 0.15) is 26.2 Å². The maximum absolute atomic E-state index is 12.3. The maximum Gasteiger partial charge on any atom is 0.252 e. The number of carbonyl (C=O) groups is 1. The van der Waals surface area contributed by atoms with Crippen LogP contribution in [-0.4, -0.2) is 62.0 Å². The number of nitrogens with zero attached hydrogens (tertiary/aromatic N) is 2. The first-order valence-corrected chi connectivity index (χ1v) is 10.8. The summed E-state index contributed by atoms with van der Waals surface area (Å²) in [5.41, 5.74) is 2.95. The first kappa shape index (κ1) is 21.5. The third-order valence-electron chi connectivity index (χ3n) is 5.51. The van der Waals surface area contributed by atoms with Crippen LogP contribution in [0.15, 0.2) is 47.6 Å². The summed E-state index contributed by atoms with van der Waals surface area (Å²) < 4.78 is 5.49. The van der Waals surface area contributed by atoms with Gasteiger partial charge in [-0.25, -0.2) is 0 Å². The average molecular weight is 414 g/mol. The van der Waals surface area contributed by atoms with Gasteiger partial charge in [0.05, 0.1) is 18.4 Å². The second-order valence-corrected chi connectivity index (χ2v) is 8.09. The van der Waals surface area contributed by atoms with Gasteiger partial charge >= 0.3 is 0 Å². The Balaban J connectivity index is 1.34. The minimum Gasteiger partial charge on any atom is -0.495 e. The number of rotatable bonds is 8. The van der Waals surface area contributed by atoms with Crippen LogP contribution in [0.2, 0.25) is 0 Å². The lowest BCUT2D eigenvalue weighted by molar-refractivity contribution is -0.117. The van der Waals surface area contributed by atoms with E-state index in [1.165, 1.54) is 5.69 Å². The highest BCUT2D eigenvalue weighted by molar-refractivity contribution is 7.81. The van der Waals surface area contributed by atoms with E-state index in [0.717, 1.165) is 61.8 Å². The zero-order valence-electron chi connectivity index (χ0n) is 17.4. The van der Waals surface area contributed by atoms with E-state index in [2.05, 4.69) is 33.3 Å². The van der Waals surface area contributed by atoms with Crippen molar-refractivity contribution in [3.05, 3.63) is 47.6 Å². The Morgan fingerprint density at radius 2 is 1.93 bits per heavy atom. The molecule has 1 aliphatic carbocycles. The van der Waals surface area contributed by atoms with Crippen LogP contribution in [0.5, 0.6) is 5.75 Å². The second kappa shape index (κ2) is 10.6. The Kier molecular flexibility index (Phi) is 7.83. The Morgan fingerprint density at radius 3 is 2.69 bits per heavy atom. The number of hydrogen-bond donors (Lipinski definition) is 1. The topological polar surface area (TPSA) is 44.8 Å². The molecule has 0 atom stereocenters. The van der Waals surface area contributed by atoms with Gasteiger partial charge in [-0.1, -0.05) is 36.0 Å². The number of benzene rings is 1. The third-order valence-corrected chi connectivity index (χ3v) is 5.90. The highest BCUT2D eigenvalue weighted by Gasteiger charge is 2.19. The Hall–Kier alpha value is -2.18. The predicted molar refractivity (Wildman–Crippen MR) is 123 cm³/mol. The molecule has 2 aliphatic rings. The number of anilines is 1. The molecule has 5 nitrogen and oxygen atoms in total. The number of ether oxygens (including phenoxy) is 1. The normalized spacial score (nSPS) is 17.6. The molecule has 1 aromatic carbocycles. The highest BCUT2D eigenvalue weighted by atomic mass is 32.1. The van der Waals surface area contributed by atoms with Gasteiger partial charge in [-0.05, 0) is 44.5 Å². The quantitative estimate of drug-likeness (QED) is 0.523. The van der Waals surface area contributed by atoms with E-state index >= 15 is 0 Å². The Bertz CT molecular complexity index is 795. The molecule has 1 fully saturated rings. The summed E-state index contributed by atoms with van der Waals surface area (Å²) in [5.74, 6) is 0.905. The van der Waals surface area contributed by atoms with E-state index < -0.39 is 0 Å². The number of unbranched alkanes of at least 4 members (excludes halogenated alkanes) is 1. The van der Waals surface area contributed by atoms with Gasteiger partial charge in [-0.2, -0.15) is 0 Å². The summed E-state index contributed by atoms with van der Waals surface area (Å²) in [6.07, 6.45) is 6.71. The molecule has 3 rings (SSSR count). The zero-order chi connectivity index (χ0) is 20.6. The monoisotopic (exact) mass is 413 g/mol. The van der Waals surface area contributed by atoms with Gasteiger partial charge in [0.15, 0.2) is 0 Å². The molecule has 1 saturated heterocycles. The molecule has 0 aromatic heterocycles. The van der Waals surface area contributed by atoms with Crippen molar-refractivity contribution in [2.24, 2.45) is 0 Å². The number of methoxy groups -OCH3 is 1. The minimum absolute atomic E-state index is 0.0344. The van der Waals surface area contributed by atoms with Gasteiger partial charge in [-0.15, -0.1) is 0 Å². The number of hydrogen-bond acceptors (Lipinski definition) is 5. The van der Waals surface area contributed by atoms with E-state index in [1.54, 1.807) is 7.11 Å². The van der Waals surface area contributed by atoms with Gasteiger partial charge in [0, 0.05) is 44.0 Å². The van der Waals surface area contributed by atoms with Crippen molar-refractivity contribution >= 4 is 28.7 Å². The Labute approximate surface area is 179 Å². The molecule has 1 amide bonds. The summed E-state index contributed by atoms with van der Waals surface area (Å²) in [7, 11) is 1.73. The number of para-hydroxylation sites is 2. The number of carbonyl (C=O) groups excluding carboxylic acids is 1. The zero-order valence-corrected chi connectivity index (χ0v) is 18.3. The van der Waals surface area contributed by atoms with Crippen LogP contribution in [0.25, 0.3) is 0 Å². The lowest BCUT2D eigenvalue weighted by atomic mass is 9.99. The molecule has 0 radical (unpaired) electrons. The van der Waals surface area contributed by atoms with Gasteiger partial charge < -0.3 is 15.0 Å². The van der Waals surface area contributed by atoms with Crippen molar-refractivity contribution in [2.75, 3.05) is 51.3 Å². The summed E-state index contributed by atoms with van der Waals surface area (Å²) in [6, 6.07) is 8.21. The van der Waals surface area contributed by atoms with Gasteiger partial charge in [0.2, 0.25) is 0 Å². The van der Waals surface area contributed by atoms with Crippen molar-refractivity contribution < 1.29 is 9.53 Å². The van der Waals surface area contributed by atoms with Crippen LogP contribution in [0.3, 0.4) is 0 Å². The number of allylic oxidation sites excluding steroid dienone is 3. The molecule has 6 heteroatoms. The van der Waals surface area contributed by atoms with E-state index in [4.69, 9.17) is 17.0 Å². The number of amides is 1. The first-order chi connectivity index (χ1) is 14.1. The fourth-order valence-corrected chi connectivity index (χ4v) is 4.02. The summed E-state index contributed by atoms with van der Waals surface area (Å²) in [6.45, 7) is 7.89. The molecular formula is C23H31N3O2S.